The summed E-state index contributed by atoms with van der Waals surface area (Å²) in [5, 5.41) is 0. The average molecular weight is 242 g/mol. The molecule has 0 bridgehead atoms. The van der Waals surface area contributed by atoms with Crippen LogP contribution in [-0.2, 0) is 0 Å². The Balaban J connectivity index is 2.04. The Morgan fingerprint density at radius 3 is 2.39 bits per heavy atom. The van der Waals surface area contributed by atoms with Crippen LogP contribution in [0.2, 0.25) is 0 Å². The first-order valence-electron chi connectivity index (χ1n) is 6.72. The summed E-state index contributed by atoms with van der Waals surface area (Å²) in [6.45, 7) is 0. The molecule has 1 aliphatic carbocycles. The van der Waals surface area contributed by atoms with Crippen LogP contribution in [0.25, 0.3) is 5.69 Å². The predicted molar refractivity (Wildman–Crippen MR) is 72.2 cm³/mol. The van der Waals surface area contributed by atoms with Gasteiger partial charge in [-0.3, -0.25) is 9.48 Å². The first kappa shape index (κ1) is 11.3. The molecule has 0 N–H and O–H groups in total. The van der Waals surface area contributed by atoms with Crippen LogP contribution in [0.3, 0.4) is 0 Å². The molecular weight excluding hydrogens is 224 g/mol. The molecule has 0 unspecified atom stereocenters. The molecule has 1 aromatic heterocycles. The first-order chi connectivity index (χ1) is 8.86. The van der Waals surface area contributed by atoms with Gasteiger partial charge in [0.15, 0.2) is 0 Å². The first-order valence-corrected chi connectivity index (χ1v) is 6.72. The molecule has 0 amide bonds. The van der Waals surface area contributed by atoms with E-state index in [2.05, 4.69) is 4.68 Å². The van der Waals surface area contributed by atoms with E-state index in [9.17, 15) is 4.79 Å². The van der Waals surface area contributed by atoms with E-state index in [0.717, 1.165) is 5.69 Å². The summed E-state index contributed by atoms with van der Waals surface area (Å²) in [4.78, 5) is 12.0. The zero-order chi connectivity index (χ0) is 12.4. The second-order valence-electron chi connectivity index (χ2n) is 4.97. The maximum absolute atomic E-state index is 12.0. The van der Waals surface area contributed by atoms with E-state index in [1.807, 2.05) is 36.5 Å². The summed E-state index contributed by atoms with van der Waals surface area (Å²) >= 11 is 0. The Morgan fingerprint density at radius 1 is 0.944 bits per heavy atom. The van der Waals surface area contributed by atoms with Gasteiger partial charge in [-0.25, -0.2) is 4.68 Å². The van der Waals surface area contributed by atoms with Gasteiger partial charge in [0.1, 0.15) is 0 Å². The Labute approximate surface area is 107 Å². The van der Waals surface area contributed by atoms with E-state index in [1.165, 1.54) is 32.1 Å². The van der Waals surface area contributed by atoms with E-state index >= 15 is 0 Å². The van der Waals surface area contributed by atoms with Crippen LogP contribution in [0.15, 0.2) is 47.4 Å². The smallest absolute Gasteiger partial charge is 0.271 e. The SMILES string of the molecule is O=c1ccn(C2CCCCC2)n1-c1ccccc1. The van der Waals surface area contributed by atoms with Crippen molar-refractivity contribution in [2.24, 2.45) is 0 Å². The molecule has 0 saturated heterocycles. The van der Waals surface area contributed by atoms with Gasteiger partial charge in [0.25, 0.3) is 5.56 Å². The summed E-state index contributed by atoms with van der Waals surface area (Å²) in [5.41, 5.74) is 1.02. The largest absolute Gasteiger partial charge is 0.282 e. The van der Waals surface area contributed by atoms with Gasteiger partial charge in [0, 0.05) is 12.3 Å². The van der Waals surface area contributed by atoms with Gasteiger partial charge < -0.3 is 0 Å². The van der Waals surface area contributed by atoms with Crippen LogP contribution in [0.5, 0.6) is 0 Å². The lowest BCUT2D eigenvalue weighted by Crippen LogP contribution is -2.25. The molecule has 1 saturated carbocycles. The molecule has 18 heavy (non-hydrogen) atoms. The Morgan fingerprint density at radius 2 is 1.67 bits per heavy atom. The molecule has 0 atom stereocenters. The minimum absolute atomic E-state index is 0.0618. The van der Waals surface area contributed by atoms with Crippen molar-refractivity contribution in [1.82, 2.24) is 9.36 Å². The van der Waals surface area contributed by atoms with Crippen molar-refractivity contribution in [3.63, 3.8) is 0 Å². The third-order valence-corrected chi connectivity index (χ3v) is 3.76. The fraction of sp³-hybridized carbons (Fsp3) is 0.400. The molecule has 2 aromatic rings. The highest BCUT2D eigenvalue weighted by Gasteiger charge is 2.18. The highest BCUT2D eigenvalue weighted by molar-refractivity contribution is 5.30. The van der Waals surface area contributed by atoms with Crippen molar-refractivity contribution in [3.8, 4) is 5.69 Å². The standard InChI is InChI=1S/C15H18N2O/c18-15-11-12-16(13-7-3-1-4-8-13)17(15)14-9-5-2-6-10-14/h2,5-6,9-13H,1,3-4,7-8H2. The summed E-state index contributed by atoms with van der Waals surface area (Å²) < 4.78 is 3.92. The second-order valence-corrected chi connectivity index (χ2v) is 4.97. The molecule has 0 spiro atoms. The van der Waals surface area contributed by atoms with Gasteiger partial charge in [0.2, 0.25) is 0 Å². The molecule has 1 aliphatic rings. The van der Waals surface area contributed by atoms with Crippen molar-refractivity contribution < 1.29 is 0 Å². The van der Waals surface area contributed by atoms with Crippen molar-refractivity contribution in [3.05, 3.63) is 52.9 Å². The van der Waals surface area contributed by atoms with Crippen LogP contribution in [0.4, 0.5) is 0 Å². The number of hydrogen-bond acceptors (Lipinski definition) is 1. The summed E-state index contributed by atoms with van der Waals surface area (Å²) in [6, 6.07) is 12.0. The zero-order valence-electron chi connectivity index (χ0n) is 10.5. The van der Waals surface area contributed by atoms with Gasteiger partial charge >= 0.3 is 0 Å². The lowest BCUT2D eigenvalue weighted by Gasteiger charge is -2.25. The maximum atomic E-state index is 12.0. The summed E-state index contributed by atoms with van der Waals surface area (Å²) in [7, 11) is 0. The van der Waals surface area contributed by atoms with Crippen molar-refractivity contribution in [2.45, 2.75) is 38.1 Å². The molecule has 1 heterocycles. The quantitative estimate of drug-likeness (QED) is 0.794. The highest BCUT2D eigenvalue weighted by atomic mass is 16.1. The minimum atomic E-state index is 0.0618. The minimum Gasteiger partial charge on any atom is -0.282 e. The van der Waals surface area contributed by atoms with Crippen LogP contribution in [0, 0.1) is 0 Å². The molecule has 3 heteroatoms. The summed E-state index contributed by atoms with van der Waals surface area (Å²) in [6.07, 6.45) is 8.16. The third-order valence-electron chi connectivity index (χ3n) is 3.76. The number of aromatic nitrogens is 2. The molecule has 1 fully saturated rings. The van der Waals surface area contributed by atoms with Gasteiger partial charge in [-0.15, -0.1) is 0 Å². The van der Waals surface area contributed by atoms with Crippen LogP contribution >= 0.6 is 0 Å². The van der Waals surface area contributed by atoms with Gasteiger partial charge in [-0.1, -0.05) is 37.5 Å². The third kappa shape index (κ3) is 2.01. The van der Waals surface area contributed by atoms with Crippen LogP contribution in [-0.4, -0.2) is 9.36 Å². The Hall–Kier alpha value is -1.77. The fourth-order valence-electron chi connectivity index (χ4n) is 2.85. The average Bonchev–Trinajstić information content (AvgIpc) is 2.83. The number of hydrogen-bond donors (Lipinski definition) is 0. The number of benzene rings is 1. The second kappa shape index (κ2) is 4.84. The van der Waals surface area contributed by atoms with Gasteiger partial charge in [-0.05, 0) is 25.0 Å². The summed E-state index contributed by atoms with van der Waals surface area (Å²) in [5.74, 6) is 0. The van der Waals surface area contributed by atoms with Crippen molar-refractivity contribution >= 4 is 0 Å². The predicted octanol–water partition coefficient (Wildman–Crippen LogP) is 3.14. The van der Waals surface area contributed by atoms with Crippen LogP contribution in [0.1, 0.15) is 38.1 Å². The maximum Gasteiger partial charge on any atom is 0.271 e. The van der Waals surface area contributed by atoms with Crippen molar-refractivity contribution in [2.75, 3.05) is 0 Å². The molecule has 3 rings (SSSR count). The monoisotopic (exact) mass is 242 g/mol. The van der Waals surface area contributed by atoms with E-state index < -0.39 is 0 Å². The lowest BCUT2D eigenvalue weighted by atomic mass is 9.96. The molecule has 0 aliphatic heterocycles. The number of rotatable bonds is 2. The molecule has 0 radical (unpaired) electrons. The van der Waals surface area contributed by atoms with Gasteiger partial charge in [0.05, 0.1) is 11.7 Å². The topological polar surface area (TPSA) is 26.9 Å². The van der Waals surface area contributed by atoms with Gasteiger partial charge in [-0.2, -0.15) is 0 Å². The highest BCUT2D eigenvalue weighted by Crippen LogP contribution is 2.28. The molecular formula is C15H18N2O. The lowest BCUT2D eigenvalue weighted by molar-refractivity contribution is 0.311. The fourth-order valence-corrected chi connectivity index (χ4v) is 2.85. The Kier molecular flexibility index (Phi) is 3.05. The molecule has 94 valence electrons. The van der Waals surface area contributed by atoms with E-state index in [0.29, 0.717) is 6.04 Å². The van der Waals surface area contributed by atoms with E-state index in [-0.39, 0.29) is 5.56 Å². The molecule has 3 nitrogen and oxygen atoms in total. The van der Waals surface area contributed by atoms with E-state index in [1.54, 1.807) is 10.7 Å². The zero-order valence-corrected chi connectivity index (χ0v) is 10.5. The molecule has 1 aromatic carbocycles. The Bertz CT molecular complexity index is 562. The normalized spacial score (nSPS) is 16.9. The van der Waals surface area contributed by atoms with Crippen molar-refractivity contribution in [1.29, 1.82) is 0 Å². The van der Waals surface area contributed by atoms with Crippen LogP contribution < -0.4 is 5.56 Å². The number of nitrogens with zero attached hydrogens (tertiary/aromatic N) is 2. The number of para-hydroxylation sites is 1. The van der Waals surface area contributed by atoms with E-state index in [4.69, 9.17) is 0 Å².